The van der Waals surface area contributed by atoms with Crippen LogP contribution < -0.4 is 25.7 Å². The zero-order chi connectivity index (χ0) is 24.6. The van der Waals surface area contributed by atoms with Crippen molar-refractivity contribution in [3.05, 3.63) is 95.4 Å². The quantitative estimate of drug-likeness (QED) is 0.137. The molecule has 10 nitrogen and oxygen atoms in total. The predicted octanol–water partition coefficient (Wildman–Crippen LogP) is 1.20. The highest BCUT2D eigenvalue weighted by atomic mass is 35.5. The van der Waals surface area contributed by atoms with Gasteiger partial charge in [-0.05, 0) is 48.5 Å². The Labute approximate surface area is 204 Å². The van der Waals surface area contributed by atoms with Gasteiger partial charge in [-0.2, -0.15) is 10.5 Å². The molecule has 12 heteroatoms. The van der Waals surface area contributed by atoms with Crippen molar-refractivity contribution < 1.29 is 23.8 Å². The standard InChI is InChI=1S/C23H19ClFN7O3/c24-19-6-3-7-22(28-19)32-14-27-21(31-32)13-35-18-5-2-1-4-17(18)23(33)30-29-20(26)12-34-16-10-8-15(25)9-11-16/h1-11,14H,12-13H2,(H2,26,29)(H,30,33)/p+1. The van der Waals surface area contributed by atoms with Gasteiger partial charge in [-0.15, -0.1) is 5.10 Å². The van der Waals surface area contributed by atoms with E-state index in [-0.39, 0.29) is 30.4 Å². The number of halogens is 2. The van der Waals surface area contributed by atoms with Crippen molar-refractivity contribution in [1.82, 2.24) is 25.2 Å². The fraction of sp³-hybridized carbons (Fsp3) is 0.0870. The van der Waals surface area contributed by atoms with E-state index in [4.69, 9.17) is 26.8 Å². The molecule has 35 heavy (non-hydrogen) atoms. The molecule has 4 N–H and O–H groups in total. The maximum absolute atomic E-state index is 13.0. The minimum atomic E-state index is -0.480. The largest absolute Gasteiger partial charge is 0.485 e. The number of benzene rings is 2. The molecular formula is C23H20ClFN7O3+. The molecule has 0 unspecified atom stereocenters. The van der Waals surface area contributed by atoms with Gasteiger partial charge in [-0.3, -0.25) is 10.5 Å². The summed E-state index contributed by atoms with van der Waals surface area (Å²) < 4.78 is 25.6. The third-order valence-electron chi connectivity index (χ3n) is 4.51. The Bertz CT molecular complexity index is 1340. The number of rotatable bonds is 9. The normalized spacial score (nSPS) is 11.2. The highest BCUT2D eigenvalue weighted by molar-refractivity contribution is 6.29. The molecule has 0 saturated carbocycles. The van der Waals surface area contributed by atoms with Crippen LogP contribution in [0.25, 0.3) is 5.82 Å². The zero-order valence-electron chi connectivity index (χ0n) is 18.2. The van der Waals surface area contributed by atoms with Crippen molar-refractivity contribution in [2.45, 2.75) is 6.61 Å². The van der Waals surface area contributed by atoms with Crippen LogP contribution in [0.4, 0.5) is 4.39 Å². The third-order valence-corrected chi connectivity index (χ3v) is 4.72. The molecule has 0 saturated heterocycles. The van der Waals surface area contributed by atoms with Gasteiger partial charge >= 0.3 is 5.84 Å². The van der Waals surface area contributed by atoms with Crippen molar-refractivity contribution in [2.75, 3.05) is 6.61 Å². The van der Waals surface area contributed by atoms with Crippen molar-refractivity contribution in [3.63, 3.8) is 0 Å². The first kappa shape index (κ1) is 23.6. The van der Waals surface area contributed by atoms with Gasteiger partial charge in [0.25, 0.3) is 5.91 Å². The van der Waals surface area contributed by atoms with Gasteiger partial charge in [-0.1, -0.05) is 29.8 Å². The van der Waals surface area contributed by atoms with Crippen molar-refractivity contribution in [3.8, 4) is 17.3 Å². The van der Waals surface area contributed by atoms with E-state index in [1.165, 1.54) is 35.3 Å². The summed E-state index contributed by atoms with van der Waals surface area (Å²) in [6.45, 7) is -0.0229. The van der Waals surface area contributed by atoms with Crippen LogP contribution in [0.1, 0.15) is 16.2 Å². The number of amidine groups is 1. The number of hydrazine groups is 1. The van der Waals surface area contributed by atoms with Crippen LogP contribution in [0.15, 0.2) is 73.1 Å². The summed E-state index contributed by atoms with van der Waals surface area (Å²) in [4.78, 5) is 21.0. The van der Waals surface area contributed by atoms with Crippen LogP contribution in [-0.2, 0) is 6.61 Å². The second-order valence-electron chi connectivity index (χ2n) is 7.06. The average Bonchev–Trinajstić information content (AvgIpc) is 3.35. The van der Waals surface area contributed by atoms with Gasteiger partial charge in [0.05, 0.1) is 5.56 Å². The third kappa shape index (κ3) is 6.51. The highest BCUT2D eigenvalue weighted by Crippen LogP contribution is 2.18. The molecule has 2 aromatic heterocycles. The number of hydrazone groups is 1. The first-order chi connectivity index (χ1) is 17.0. The molecule has 0 aliphatic carbocycles. The summed E-state index contributed by atoms with van der Waals surface area (Å²) in [5.74, 6) is 0.948. The Morgan fingerprint density at radius 3 is 2.69 bits per heavy atom. The first-order valence-electron chi connectivity index (χ1n) is 10.3. The summed E-state index contributed by atoms with van der Waals surface area (Å²) in [6.07, 6.45) is 1.49. The molecule has 4 rings (SSSR count). The molecule has 2 heterocycles. The number of aromatic nitrogens is 4. The van der Waals surface area contributed by atoms with E-state index in [9.17, 15) is 9.18 Å². The Morgan fingerprint density at radius 2 is 1.89 bits per heavy atom. The van der Waals surface area contributed by atoms with Crippen LogP contribution >= 0.6 is 11.6 Å². The fourth-order valence-electron chi connectivity index (χ4n) is 2.85. The Balaban J connectivity index is 1.35. The summed E-state index contributed by atoms with van der Waals surface area (Å²) in [7, 11) is 0. The van der Waals surface area contributed by atoms with Crippen molar-refractivity contribution >= 4 is 23.3 Å². The smallest absolute Gasteiger partial charge is 0.302 e. The number of pyridine rings is 1. The predicted molar refractivity (Wildman–Crippen MR) is 124 cm³/mol. The molecule has 4 aromatic rings. The molecule has 0 bridgehead atoms. The number of hydrogen-bond acceptors (Lipinski definition) is 6. The molecule has 0 atom stereocenters. The number of nitrogens with zero attached hydrogens (tertiary/aromatic N) is 4. The Kier molecular flexibility index (Phi) is 7.48. The average molecular weight is 497 g/mol. The van der Waals surface area contributed by atoms with Crippen molar-refractivity contribution in [2.24, 2.45) is 5.73 Å². The van der Waals surface area contributed by atoms with E-state index in [1.807, 2.05) is 0 Å². The lowest BCUT2D eigenvalue weighted by molar-refractivity contribution is -0.510. The molecular weight excluding hydrogens is 477 g/mol. The number of carbonyl (C=O) groups excluding carboxylic acids is 1. The Morgan fingerprint density at radius 1 is 1.09 bits per heavy atom. The van der Waals surface area contributed by atoms with E-state index in [1.54, 1.807) is 42.5 Å². The summed E-state index contributed by atoms with van der Waals surface area (Å²) in [5.41, 5.74) is 8.59. The summed E-state index contributed by atoms with van der Waals surface area (Å²) >= 11 is 5.92. The number of ether oxygens (including phenoxy) is 2. The minimum Gasteiger partial charge on any atom is -0.485 e. The SMILES string of the molecule is NC(COc1ccc(F)cc1)=[NH+]NC(=O)c1ccccc1OCc1ncn(-c2cccc(Cl)n2)n1. The lowest BCUT2D eigenvalue weighted by atomic mass is 10.2. The van der Waals surface area contributed by atoms with Crippen LogP contribution in [0, 0.1) is 5.82 Å². The van der Waals surface area contributed by atoms with Crippen LogP contribution in [-0.4, -0.2) is 38.1 Å². The molecule has 0 spiro atoms. The number of amides is 1. The van der Waals surface area contributed by atoms with E-state index >= 15 is 0 Å². The molecule has 0 aliphatic heterocycles. The molecule has 0 fully saturated rings. The minimum absolute atomic E-state index is 0.0189. The van der Waals surface area contributed by atoms with Gasteiger partial charge in [0.1, 0.15) is 35.4 Å². The molecule has 2 aromatic carbocycles. The lowest BCUT2D eigenvalue weighted by Gasteiger charge is -2.08. The summed E-state index contributed by atoms with van der Waals surface area (Å²) in [6, 6.07) is 17.3. The summed E-state index contributed by atoms with van der Waals surface area (Å²) in [5, 5.41) is 7.23. The molecule has 1 amide bonds. The van der Waals surface area contributed by atoms with Crippen LogP contribution in [0.2, 0.25) is 5.15 Å². The van der Waals surface area contributed by atoms with Gasteiger partial charge in [0.15, 0.2) is 18.2 Å². The van der Waals surface area contributed by atoms with Crippen molar-refractivity contribution in [1.29, 1.82) is 0 Å². The van der Waals surface area contributed by atoms with E-state index in [0.717, 1.165) is 0 Å². The maximum atomic E-state index is 13.0. The number of hydrogen-bond donors (Lipinski definition) is 3. The monoisotopic (exact) mass is 496 g/mol. The molecule has 0 aliphatic rings. The number of para-hydroxylation sites is 1. The fourth-order valence-corrected chi connectivity index (χ4v) is 3.01. The van der Waals surface area contributed by atoms with E-state index < -0.39 is 5.91 Å². The van der Waals surface area contributed by atoms with E-state index in [0.29, 0.717) is 28.3 Å². The highest BCUT2D eigenvalue weighted by Gasteiger charge is 2.14. The van der Waals surface area contributed by atoms with Crippen LogP contribution in [0.5, 0.6) is 11.5 Å². The first-order valence-corrected chi connectivity index (χ1v) is 10.7. The van der Waals surface area contributed by atoms with Gasteiger partial charge in [0.2, 0.25) is 0 Å². The van der Waals surface area contributed by atoms with E-state index in [2.05, 4.69) is 25.6 Å². The topological polar surface area (TPSA) is 131 Å². The number of carbonyl (C=O) groups is 1. The van der Waals surface area contributed by atoms with Crippen LogP contribution in [0.3, 0.4) is 0 Å². The second kappa shape index (κ2) is 11.1. The lowest BCUT2D eigenvalue weighted by Crippen LogP contribution is -2.87. The number of nitrogens with two attached hydrogens (primary N) is 1. The Hall–Kier alpha value is -4.51. The zero-order valence-corrected chi connectivity index (χ0v) is 18.9. The molecule has 178 valence electrons. The molecule has 0 radical (unpaired) electrons. The maximum Gasteiger partial charge on any atom is 0.302 e. The number of nitrogens with one attached hydrogen (secondary N) is 2. The second-order valence-corrected chi connectivity index (χ2v) is 7.44. The van der Waals surface area contributed by atoms with Gasteiger partial charge in [0, 0.05) is 0 Å². The van der Waals surface area contributed by atoms with Gasteiger partial charge in [-0.25, -0.2) is 19.0 Å². The van der Waals surface area contributed by atoms with Gasteiger partial charge < -0.3 is 9.47 Å².